The van der Waals surface area contributed by atoms with Gasteiger partial charge in [0.05, 0.1) is 29.6 Å². The molecule has 0 bridgehead atoms. The normalized spacial score (nSPS) is 10.6. The molecule has 194 valence electrons. The van der Waals surface area contributed by atoms with Crippen molar-refractivity contribution < 1.29 is 9.53 Å². The fraction of sp³-hybridized carbons (Fsp3) is 0.0645. The molecule has 0 spiro atoms. The van der Waals surface area contributed by atoms with Crippen molar-refractivity contribution in [2.24, 2.45) is 0 Å². The molecule has 0 saturated heterocycles. The van der Waals surface area contributed by atoms with Crippen molar-refractivity contribution in [3.63, 3.8) is 0 Å². The molecule has 5 aromatic rings. The van der Waals surface area contributed by atoms with E-state index in [9.17, 15) is 15.3 Å². The summed E-state index contributed by atoms with van der Waals surface area (Å²) in [6, 6.07) is 27.7. The number of nitrogens with zero attached hydrogens (tertiary/aromatic N) is 4. The number of aromatic nitrogens is 2. The fourth-order valence-corrected chi connectivity index (χ4v) is 5.33. The molecule has 0 aliphatic heterocycles. The molecule has 0 amide bonds. The van der Waals surface area contributed by atoms with Crippen molar-refractivity contribution in [2.75, 3.05) is 18.6 Å². The van der Waals surface area contributed by atoms with E-state index < -0.39 is 0 Å². The van der Waals surface area contributed by atoms with Crippen LogP contribution >= 0.6 is 23.4 Å². The number of fused-ring (bicyclic) bond motifs is 1. The van der Waals surface area contributed by atoms with E-state index in [0.717, 1.165) is 28.2 Å². The second-order valence-electron chi connectivity index (χ2n) is 8.68. The minimum absolute atomic E-state index is 0.0224. The molecule has 0 fully saturated rings. The lowest BCUT2D eigenvalue weighted by atomic mass is 9.97. The highest BCUT2D eigenvalue weighted by Crippen LogP contribution is 2.37. The van der Waals surface area contributed by atoms with E-state index in [1.807, 2.05) is 48.5 Å². The zero-order valence-corrected chi connectivity index (χ0v) is 22.8. The SMILES string of the molecule is COc1ccc2nc(-c3ccccc3)c(C(=O)CSc3nc(N)c(C#N)c(-c4ccc(Cl)cc4)c3C#N)cc2c1. The number of nitrogens with two attached hydrogens (primary N) is 1. The van der Waals surface area contributed by atoms with Crippen molar-refractivity contribution in [1.82, 2.24) is 9.97 Å². The molecule has 5 rings (SSSR count). The minimum Gasteiger partial charge on any atom is -0.497 e. The quantitative estimate of drug-likeness (QED) is 0.167. The number of thioether (sulfide) groups is 1. The van der Waals surface area contributed by atoms with Crippen LogP contribution in [0.1, 0.15) is 21.5 Å². The lowest BCUT2D eigenvalue weighted by molar-refractivity contribution is 0.102. The van der Waals surface area contributed by atoms with E-state index in [-0.39, 0.29) is 33.5 Å². The zero-order chi connectivity index (χ0) is 28.2. The second-order valence-corrected chi connectivity index (χ2v) is 10.1. The smallest absolute Gasteiger partial charge is 0.175 e. The zero-order valence-electron chi connectivity index (χ0n) is 21.2. The number of hydrogen-bond donors (Lipinski definition) is 1. The first-order valence-corrected chi connectivity index (χ1v) is 13.4. The summed E-state index contributed by atoms with van der Waals surface area (Å²) in [6.45, 7) is 0. The number of hydrogen-bond acceptors (Lipinski definition) is 8. The number of nitrogen functional groups attached to an aromatic ring is 1. The van der Waals surface area contributed by atoms with Crippen LogP contribution in [0.4, 0.5) is 5.82 Å². The molecular formula is C31H20ClN5O2S. The summed E-state index contributed by atoms with van der Waals surface area (Å²) in [5, 5.41) is 21.4. The Morgan fingerprint density at radius 3 is 2.35 bits per heavy atom. The van der Waals surface area contributed by atoms with Gasteiger partial charge in [-0.15, -0.1) is 0 Å². The maximum Gasteiger partial charge on any atom is 0.175 e. The van der Waals surface area contributed by atoms with Gasteiger partial charge in [-0.3, -0.25) is 4.79 Å². The van der Waals surface area contributed by atoms with E-state index >= 15 is 0 Å². The molecule has 2 heterocycles. The van der Waals surface area contributed by atoms with Gasteiger partial charge in [0.1, 0.15) is 34.3 Å². The number of anilines is 1. The second kappa shape index (κ2) is 11.5. The Labute approximate surface area is 239 Å². The number of ketones is 1. The third-order valence-corrected chi connectivity index (χ3v) is 7.49. The van der Waals surface area contributed by atoms with Crippen LogP contribution < -0.4 is 10.5 Å². The number of halogens is 1. The molecule has 0 aliphatic rings. The largest absolute Gasteiger partial charge is 0.497 e. The number of carbonyl (C=O) groups excluding carboxylic acids is 1. The number of ether oxygens (including phenoxy) is 1. The van der Waals surface area contributed by atoms with Gasteiger partial charge >= 0.3 is 0 Å². The Kier molecular flexibility index (Phi) is 7.65. The number of methoxy groups -OCH3 is 1. The first-order valence-electron chi connectivity index (χ1n) is 12.0. The van der Waals surface area contributed by atoms with Gasteiger partial charge in [-0.1, -0.05) is 65.8 Å². The van der Waals surface area contributed by atoms with Crippen molar-refractivity contribution in [3.05, 3.63) is 101 Å². The van der Waals surface area contributed by atoms with Crippen molar-refractivity contribution >= 4 is 45.9 Å². The van der Waals surface area contributed by atoms with Crippen LogP contribution in [0.25, 0.3) is 33.3 Å². The highest BCUT2D eigenvalue weighted by Gasteiger charge is 2.23. The molecule has 2 aromatic heterocycles. The molecule has 0 atom stereocenters. The highest BCUT2D eigenvalue weighted by molar-refractivity contribution is 8.00. The lowest BCUT2D eigenvalue weighted by Crippen LogP contribution is -2.08. The summed E-state index contributed by atoms with van der Waals surface area (Å²) in [7, 11) is 1.58. The van der Waals surface area contributed by atoms with Crippen LogP contribution in [-0.4, -0.2) is 28.6 Å². The van der Waals surface area contributed by atoms with E-state index in [1.54, 1.807) is 37.4 Å². The van der Waals surface area contributed by atoms with Gasteiger partial charge in [0.25, 0.3) is 0 Å². The van der Waals surface area contributed by atoms with Gasteiger partial charge in [0.2, 0.25) is 0 Å². The van der Waals surface area contributed by atoms with Crippen molar-refractivity contribution in [1.29, 1.82) is 10.5 Å². The van der Waals surface area contributed by atoms with Crippen molar-refractivity contribution in [2.45, 2.75) is 5.03 Å². The molecule has 3 aromatic carbocycles. The predicted molar refractivity (Wildman–Crippen MR) is 157 cm³/mol. The first-order chi connectivity index (χ1) is 19.4. The van der Waals surface area contributed by atoms with Crippen LogP contribution in [0.3, 0.4) is 0 Å². The molecule has 0 saturated carbocycles. The number of rotatable bonds is 7. The van der Waals surface area contributed by atoms with Gasteiger partial charge in [0.15, 0.2) is 5.78 Å². The Morgan fingerprint density at radius 1 is 0.950 bits per heavy atom. The maximum absolute atomic E-state index is 13.7. The van der Waals surface area contributed by atoms with Crippen molar-refractivity contribution in [3.8, 4) is 40.3 Å². The summed E-state index contributed by atoms with van der Waals surface area (Å²) in [5.74, 6) is 0.387. The highest BCUT2D eigenvalue weighted by atomic mass is 35.5. The molecular weight excluding hydrogens is 542 g/mol. The summed E-state index contributed by atoms with van der Waals surface area (Å²) in [5.41, 5.74) is 9.86. The summed E-state index contributed by atoms with van der Waals surface area (Å²) in [4.78, 5) is 22.8. The van der Waals surface area contributed by atoms with Gasteiger partial charge < -0.3 is 10.5 Å². The van der Waals surface area contributed by atoms with E-state index in [0.29, 0.717) is 33.2 Å². The van der Waals surface area contributed by atoms with Gasteiger partial charge in [-0.25, -0.2) is 9.97 Å². The van der Waals surface area contributed by atoms with Gasteiger partial charge in [-0.2, -0.15) is 10.5 Å². The molecule has 2 N–H and O–H groups in total. The summed E-state index contributed by atoms with van der Waals surface area (Å²) in [6.07, 6.45) is 0. The molecule has 0 aliphatic carbocycles. The monoisotopic (exact) mass is 561 g/mol. The Morgan fingerprint density at radius 2 is 1.68 bits per heavy atom. The lowest BCUT2D eigenvalue weighted by Gasteiger charge is -2.14. The maximum atomic E-state index is 13.7. The Hall–Kier alpha value is -4.89. The molecule has 0 radical (unpaired) electrons. The standard InChI is InChI=1S/C31H20ClN5O2S/c1-39-22-11-12-26-20(13-22)14-23(29(36-26)19-5-3-2-4-6-19)27(38)17-40-31-25(16-34)28(24(15-33)30(35)37-31)18-7-9-21(32)10-8-18/h2-14H,17H2,1H3,(H2,35,37). The van der Waals surface area contributed by atoms with E-state index in [4.69, 9.17) is 27.1 Å². The average Bonchev–Trinajstić information content (AvgIpc) is 2.99. The van der Waals surface area contributed by atoms with Crippen LogP contribution in [0.5, 0.6) is 5.75 Å². The van der Waals surface area contributed by atoms with Crippen LogP contribution in [0.15, 0.2) is 83.9 Å². The molecule has 9 heteroatoms. The van der Waals surface area contributed by atoms with Gasteiger partial charge in [0, 0.05) is 27.1 Å². The van der Waals surface area contributed by atoms with Crippen LogP contribution in [-0.2, 0) is 0 Å². The van der Waals surface area contributed by atoms with Crippen LogP contribution in [0.2, 0.25) is 5.02 Å². The molecule has 0 unspecified atom stereocenters. The summed E-state index contributed by atoms with van der Waals surface area (Å²) < 4.78 is 5.35. The number of carbonyl (C=O) groups is 1. The molecule has 40 heavy (non-hydrogen) atoms. The third-order valence-electron chi connectivity index (χ3n) is 6.26. The average molecular weight is 562 g/mol. The summed E-state index contributed by atoms with van der Waals surface area (Å²) >= 11 is 7.13. The fourth-order valence-electron chi connectivity index (χ4n) is 4.33. The first kappa shape index (κ1) is 26.7. The van der Waals surface area contributed by atoms with E-state index in [1.165, 1.54) is 0 Å². The number of pyridine rings is 2. The molecule has 7 nitrogen and oxygen atoms in total. The number of nitriles is 2. The Balaban J connectivity index is 1.56. The minimum atomic E-state index is -0.206. The third kappa shape index (κ3) is 5.19. The Bertz CT molecular complexity index is 1850. The van der Waals surface area contributed by atoms with Crippen LogP contribution in [0, 0.1) is 22.7 Å². The number of Topliss-reactive ketones (excluding diaryl/α,β-unsaturated/α-hetero) is 1. The van der Waals surface area contributed by atoms with E-state index in [2.05, 4.69) is 17.1 Å². The van der Waals surface area contributed by atoms with Gasteiger partial charge in [-0.05, 0) is 42.0 Å². The predicted octanol–water partition coefficient (Wildman–Crippen LogP) is 6.93. The topological polar surface area (TPSA) is 126 Å². The number of benzene rings is 3.